The van der Waals surface area contributed by atoms with Crippen LogP contribution in [0.15, 0.2) is 0 Å². The van der Waals surface area contributed by atoms with Crippen LogP contribution in [0.2, 0.25) is 0 Å². The standard InChI is InChI=1S/C8H13IO3/c1-2-3-6-4-7(5-9)12-8(10)11-6/h6-7H,2-5H2,1H3/t6-,7+/m1/s1. The highest BCUT2D eigenvalue weighted by molar-refractivity contribution is 14.1. The lowest BCUT2D eigenvalue weighted by atomic mass is 10.1. The van der Waals surface area contributed by atoms with Gasteiger partial charge in [0.2, 0.25) is 0 Å². The number of carbonyl (C=O) groups is 1. The molecule has 0 radical (unpaired) electrons. The first-order chi connectivity index (χ1) is 5.76. The molecule has 12 heavy (non-hydrogen) atoms. The lowest BCUT2D eigenvalue weighted by molar-refractivity contribution is -0.0536. The zero-order valence-electron chi connectivity index (χ0n) is 7.09. The lowest BCUT2D eigenvalue weighted by Gasteiger charge is -2.27. The zero-order valence-corrected chi connectivity index (χ0v) is 9.24. The van der Waals surface area contributed by atoms with Gasteiger partial charge in [0.05, 0.1) is 0 Å². The molecular weight excluding hydrogens is 271 g/mol. The normalized spacial score (nSPS) is 29.3. The topological polar surface area (TPSA) is 35.5 Å². The highest BCUT2D eigenvalue weighted by Crippen LogP contribution is 2.20. The van der Waals surface area contributed by atoms with Crippen molar-refractivity contribution in [2.75, 3.05) is 4.43 Å². The minimum Gasteiger partial charge on any atom is -0.431 e. The molecule has 0 aliphatic carbocycles. The summed E-state index contributed by atoms with van der Waals surface area (Å²) in [5.41, 5.74) is 0. The molecule has 0 aromatic heterocycles. The summed E-state index contributed by atoms with van der Waals surface area (Å²) in [4.78, 5) is 10.9. The highest BCUT2D eigenvalue weighted by Gasteiger charge is 2.28. The first-order valence-electron chi connectivity index (χ1n) is 4.19. The Kier molecular flexibility index (Phi) is 4.11. The molecular formula is C8H13IO3. The van der Waals surface area contributed by atoms with Gasteiger partial charge in [-0.15, -0.1) is 0 Å². The summed E-state index contributed by atoms with van der Waals surface area (Å²) in [6.07, 6.45) is 2.48. The van der Waals surface area contributed by atoms with E-state index in [9.17, 15) is 4.79 Å². The van der Waals surface area contributed by atoms with Crippen molar-refractivity contribution in [3.8, 4) is 0 Å². The second-order valence-electron chi connectivity index (χ2n) is 2.91. The third kappa shape index (κ3) is 2.80. The van der Waals surface area contributed by atoms with Crippen molar-refractivity contribution in [2.45, 2.75) is 38.4 Å². The predicted octanol–water partition coefficient (Wildman–Crippen LogP) is 2.52. The summed E-state index contributed by atoms with van der Waals surface area (Å²) >= 11 is 2.22. The Morgan fingerprint density at radius 1 is 1.50 bits per heavy atom. The summed E-state index contributed by atoms with van der Waals surface area (Å²) in [6.45, 7) is 2.09. The second kappa shape index (κ2) is 4.89. The minimum absolute atomic E-state index is 0.0587. The Hall–Kier alpha value is 0. The monoisotopic (exact) mass is 284 g/mol. The summed E-state index contributed by atoms with van der Waals surface area (Å²) in [6, 6.07) is 0. The van der Waals surface area contributed by atoms with Crippen LogP contribution in [0.3, 0.4) is 0 Å². The number of rotatable bonds is 3. The van der Waals surface area contributed by atoms with Gasteiger partial charge in [0, 0.05) is 10.8 Å². The molecule has 0 saturated carbocycles. The molecule has 0 aromatic carbocycles. The van der Waals surface area contributed by atoms with Crippen molar-refractivity contribution in [3.63, 3.8) is 0 Å². The SMILES string of the molecule is CCC[C@@H]1C[C@@H](CI)OC(=O)O1. The van der Waals surface area contributed by atoms with Crippen LogP contribution >= 0.6 is 22.6 Å². The first-order valence-corrected chi connectivity index (χ1v) is 5.72. The molecule has 1 aliphatic rings. The van der Waals surface area contributed by atoms with E-state index >= 15 is 0 Å². The van der Waals surface area contributed by atoms with Gasteiger partial charge in [0.25, 0.3) is 0 Å². The fourth-order valence-corrected chi connectivity index (χ4v) is 1.82. The van der Waals surface area contributed by atoms with E-state index in [0.29, 0.717) is 0 Å². The molecule has 3 nitrogen and oxygen atoms in total. The van der Waals surface area contributed by atoms with E-state index in [1.165, 1.54) is 0 Å². The Balaban J connectivity index is 2.39. The number of hydrogen-bond donors (Lipinski definition) is 0. The smallest absolute Gasteiger partial charge is 0.431 e. The Bertz CT molecular complexity index is 160. The summed E-state index contributed by atoms with van der Waals surface area (Å²) in [5.74, 6) is 0. The highest BCUT2D eigenvalue weighted by atomic mass is 127. The lowest BCUT2D eigenvalue weighted by Crippen LogP contribution is -2.35. The fraction of sp³-hybridized carbons (Fsp3) is 0.875. The largest absolute Gasteiger partial charge is 0.508 e. The van der Waals surface area contributed by atoms with Crippen LogP contribution in [-0.2, 0) is 9.47 Å². The molecule has 0 bridgehead atoms. The maximum atomic E-state index is 10.9. The van der Waals surface area contributed by atoms with Crippen LogP contribution in [0.1, 0.15) is 26.2 Å². The van der Waals surface area contributed by atoms with E-state index < -0.39 is 6.16 Å². The van der Waals surface area contributed by atoms with Crippen LogP contribution in [-0.4, -0.2) is 22.8 Å². The van der Waals surface area contributed by atoms with Gasteiger partial charge in [-0.05, 0) is 6.42 Å². The van der Waals surface area contributed by atoms with Gasteiger partial charge in [0.1, 0.15) is 12.2 Å². The summed E-state index contributed by atoms with van der Waals surface area (Å²) in [5, 5.41) is 0. The van der Waals surface area contributed by atoms with Gasteiger partial charge in [0.15, 0.2) is 0 Å². The molecule has 0 aromatic rings. The average molecular weight is 284 g/mol. The van der Waals surface area contributed by atoms with Gasteiger partial charge >= 0.3 is 6.16 Å². The molecule has 2 atom stereocenters. The first kappa shape index (κ1) is 10.1. The molecule has 1 aliphatic heterocycles. The van der Waals surface area contributed by atoms with E-state index in [4.69, 9.17) is 9.47 Å². The van der Waals surface area contributed by atoms with Gasteiger partial charge < -0.3 is 9.47 Å². The number of carbonyl (C=O) groups excluding carboxylic acids is 1. The van der Waals surface area contributed by atoms with Crippen molar-refractivity contribution in [3.05, 3.63) is 0 Å². The molecule has 70 valence electrons. The van der Waals surface area contributed by atoms with Crippen molar-refractivity contribution < 1.29 is 14.3 Å². The molecule has 4 heteroatoms. The minimum atomic E-state index is -0.499. The molecule has 1 heterocycles. The molecule has 0 amide bonds. The molecule has 0 N–H and O–H groups in total. The van der Waals surface area contributed by atoms with Gasteiger partial charge in [-0.25, -0.2) is 4.79 Å². The maximum Gasteiger partial charge on any atom is 0.508 e. The zero-order chi connectivity index (χ0) is 8.97. The molecule has 0 unspecified atom stereocenters. The van der Waals surface area contributed by atoms with Crippen molar-refractivity contribution in [2.24, 2.45) is 0 Å². The van der Waals surface area contributed by atoms with Crippen LogP contribution < -0.4 is 0 Å². The fourth-order valence-electron chi connectivity index (χ4n) is 1.28. The van der Waals surface area contributed by atoms with Crippen molar-refractivity contribution >= 4 is 28.7 Å². The van der Waals surface area contributed by atoms with Crippen LogP contribution in [0.4, 0.5) is 4.79 Å². The Morgan fingerprint density at radius 2 is 2.17 bits per heavy atom. The van der Waals surface area contributed by atoms with E-state index in [0.717, 1.165) is 23.7 Å². The van der Waals surface area contributed by atoms with Crippen LogP contribution in [0, 0.1) is 0 Å². The summed E-state index contributed by atoms with van der Waals surface area (Å²) in [7, 11) is 0. The Morgan fingerprint density at radius 3 is 2.75 bits per heavy atom. The second-order valence-corrected chi connectivity index (χ2v) is 3.79. The Labute approximate surface area is 85.9 Å². The molecule has 1 fully saturated rings. The number of cyclic esters (lactones) is 2. The number of ether oxygens (including phenoxy) is 2. The maximum absolute atomic E-state index is 10.9. The van der Waals surface area contributed by atoms with E-state index in [2.05, 4.69) is 29.5 Å². The van der Waals surface area contributed by atoms with Crippen molar-refractivity contribution in [1.82, 2.24) is 0 Å². The van der Waals surface area contributed by atoms with E-state index in [1.807, 2.05) is 0 Å². The predicted molar refractivity (Wildman–Crippen MR) is 53.6 cm³/mol. The van der Waals surface area contributed by atoms with Gasteiger partial charge in [-0.1, -0.05) is 35.9 Å². The third-order valence-corrected chi connectivity index (χ3v) is 2.82. The molecule has 0 spiro atoms. The van der Waals surface area contributed by atoms with E-state index in [1.54, 1.807) is 0 Å². The van der Waals surface area contributed by atoms with Gasteiger partial charge in [-0.3, -0.25) is 0 Å². The molecule has 1 rings (SSSR count). The molecule has 1 saturated heterocycles. The van der Waals surface area contributed by atoms with Crippen molar-refractivity contribution in [1.29, 1.82) is 0 Å². The van der Waals surface area contributed by atoms with E-state index in [-0.39, 0.29) is 12.2 Å². The van der Waals surface area contributed by atoms with Crippen LogP contribution in [0.5, 0.6) is 0 Å². The summed E-state index contributed by atoms with van der Waals surface area (Å²) < 4.78 is 10.8. The third-order valence-electron chi connectivity index (χ3n) is 1.83. The average Bonchev–Trinajstić information content (AvgIpc) is 2.04. The number of alkyl halides is 1. The van der Waals surface area contributed by atoms with Gasteiger partial charge in [-0.2, -0.15) is 0 Å². The number of hydrogen-bond acceptors (Lipinski definition) is 3. The van der Waals surface area contributed by atoms with Crippen LogP contribution in [0.25, 0.3) is 0 Å². The quantitative estimate of drug-likeness (QED) is 0.454. The number of halogens is 1.